The highest BCUT2D eigenvalue weighted by molar-refractivity contribution is 5.95. The zero-order chi connectivity index (χ0) is 24.6. The number of carbonyl (C=O) groups excluding carboxylic acids is 2. The lowest BCUT2D eigenvalue weighted by Gasteiger charge is -2.38. The minimum Gasteiger partial charge on any atom is -0.489 e. The third kappa shape index (κ3) is 6.27. The minimum atomic E-state index is -0.285. The maximum Gasteiger partial charge on any atom is 0.254 e. The maximum atomic E-state index is 13.5. The Kier molecular flexibility index (Phi) is 8.14. The fraction of sp³-hybridized carbons (Fsp3) is 0.310. The van der Waals surface area contributed by atoms with E-state index in [4.69, 9.17) is 4.74 Å². The zero-order valence-corrected chi connectivity index (χ0v) is 20.0. The molecule has 1 aliphatic heterocycles. The molecule has 0 aromatic heterocycles. The van der Waals surface area contributed by atoms with E-state index in [1.165, 1.54) is 12.1 Å². The third-order valence-corrected chi connectivity index (χ3v) is 6.34. The number of likely N-dealkylation sites (tertiary alicyclic amines) is 1. The summed E-state index contributed by atoms with van der Waals surface area (Å²) < 4.78 is 19.0. The molecule has 0 saturated carbocycles. The summed E-state index contributed by atoms with van der Waals surface area (Å²) >= 11 is 0. The van der Waals surface area contributed by atoms with Crippen molar-refractivity contribution in [1.29, 1.82) is 0 Å². The molecule has 3 aromatic rings. The van der Waals surface area contributed by atoms with Crippen molar-refractivity contribution < 1.29 is 18.7 Å². The van der Waals surface area contributed by atoms with Gasteiger partial charge in [-0.05, 0) is 67.3 Å². The van der Waals surface area contributed by atoms with E-state index in [-0.39, 0.29) is 23.7 Å². The molecule has 0 spiro atoms. The Labute approximate surface area is 206 Å². The standard InChI is InChI=1S/C29H31FN2O3/c1-2-17-32(26-15-18-31(19-16-26)28(33)23-7-4-3-5-8-23)29(34)24-9-6-10-27(20-24)35-21-22-11-13-25(30)14-12-22/h3-14,20,26H,2,15-19,21H2,1H3. The predicted molar refractivity (Wildman–Crippen MR) is 134 cm³/mol. The number of piperidine rings is 1. The van der Waals surface area contributed by atoms with Crippen LogP contribution in [0.2, 0.25) is 0 Å². The van der Waals surface area contributed by atoms with Crippen LogP contribution in [0.25, 0.3) is 0 Å². The lowest BCUT2D eigenvalue weighted by atomic mass is 10.0. The van der Waals surface area contributed by atoms with Crippen molar-refractivity contribution in [2.45, 2.75) is 38.8 Å². The fourth-order valence-electron chi connectivity index (χ4n) is 4.47. The number of halogens is 1. The summed E-state index contributed by atoms with van der Waals surface area (Å²) in [7, 11) is 0. The molecule has 0 N–H and O–H groups in total. The van der Waals surface area contributed by atoms with Crippen molar-refractivity contribution in [3.8, 4) is 5.75 Å². The Bertz CT molecular complexity index is 1130. The highest BCUT2D eigenvalue weighted by Gasteiger charge is 2.30. The molecule has 1 aliphatic rings. The Morgan fingerprint density at radius 2 is 1.63 bits per heavy atom. The molecular formula is C29H31FN2O3. The van der Waals surface area contributed by atoms with Crippen LogP contribution >= 0.6 is 0 Å². The van der Waals surface area contributed by atoms with E-state index in [0.717, 1.165) is 24.8 Å². The predicted octanol–water partition coefficient (Wildman–Crippen LogP) is 5.56. The zero-order valence-electron chi connectivity index (χ0n) is 20.0. The van der Waals surface area contributed by atoms with Gasteiger partial charge in [0.15, 0.2) is 0 Å². The minimum absolute atomic E-state index is 0.0214. The highest BCUT2D eigenvalue weighted by atomic mass is 19.1. The highest BCUT2D eigenvalue weighted by Crippen LogP contribution is 2.23. The van der Waals surface area contributed by atoms with Gasteiger partial charge in [0.05, 0.1) is 0 Å². The lowest BCUT2D eigenvalue weighted by Crippen LogP contribution is -2.49. The molecule has 0 aliphatic carbocycles. The first-order valence-electron chi connectivity index (χ1n) is 12.2. The van der Waals surface area contributed by atoms with Gasteiger partial charge in [-0.2, -0.15) is 0 Å². The summed E-state index contributed by atoms with van der Waals surface area (Å²) in [6, 6.07) is 22.8. The molecule has 4 rings (SSSR count). The molecule has 1 fully saturated rings. The fourth-order valence-corrected chi connectivity index (χ4v) is 4.47. The second-order valence-corrected chi connectivity index (χ2v) is 8.83. The van der Waals surface area contributed by atoms with Crippen LogP contribution in [0.1, 0.15) is 52.5 Å². The molecule has 0 atom stereocenters. The van der Waals surface area contributed by atoms with Crippen molar-refractivity contribution in [2.24, 2.45) is 0 Å². The Morgan fingerprint density at radius 3 is 2.31 bits per heavy atom. The van der Waals surface area contributed by atoms with Gasteiger partial charge in [-0.15, -0.1) is 0 Å². The number of benzene rings is 3. The van der Waals surface area contributed by atoms with Crippen LogP contribution in [0, 0.1) is 5.82 Å². The van der Waals surface area contributed by atoms with E-state index in [2.05, 4.69) is 6.92 Å². The normalized spacial score (nSPS) is 13.9. The van der Waals surface area contributed by atoms with Gasteiger partial charge in [-0.25, -0.2) is 4.39 Å². The van der Waals surface area contributed by atoms with Gasteiger partial charge in [-0.1, -0.05) is 43.3 Å². The molecule has 0 bridgehead atoms. The molecule has 0 unspecified atom stereocenters. The van der Waals surface area contributed by atoms with E-state index >= 15 is 0 Å². The average molecular weight is 475 g/mol. The van der Waals surface area contributed by atoms with Gasteiger partial charge in [-0.3, -0.25) is 9.59 Å². The van der Waals surface area contributed by atoms with E-state index in [1.807, 2.05) is 58.3 Å². The van der Waals surface area contributed by atoms with E-state index in [1.54, 1.807) is 18.2 Å². The molecule has 2 amide bonds. The molecule has 3 aromatic carbocycles. The van der Waals surface area contributed by atoms with E-state index in [0.29, 0.717) is 43.1 Å². The average Bonchev–Trinajstić information content (AvgIpc) is 2.91. The van der Waals surface area contributed by atoms with E-state index in [9.17, 15) is 14.0 Å². The molecule has 6 heteroatoms. The van der Waals surface area contributed by atoms with E-state index < -0.39 is 0 Å². The Hall–Kier alpha value is -3.67. The van der Waals surface area contributed by atoms with Crippen LogP contribution in [0.5, 0.6) is 5.75 Å². The first kappa shape index (κ1) is 24.5. The molecule has 1 heterocycles. The first-order valence-corrected chi connectivity index (χ1v) is 12.2. The number of nitrogens with zero attached hydrogens (tertiary/aromatic N) is 2. The van der Waals surface area contributed by atoms with Crippen molar-refractivity contribution >= 4 is 11.8 Å². The monoisotopic (exact) mass is 474 g/mol. The summed E-state index contributed by atoms with van der Waals surface area (Å²) in [6.45, 7) is 4.29. The number of hydrogen-bond donors (Lipinski definition) is 0. The summed E-state index contributed by atoms with van der Waals surface area (Å²) in [4.78, 5) is 30.1. The topological polar surface area (TPSA) is 49.9 Å². The number of hydrogen-bond acceptors (Lipinski definition) is 3. The van der Waals surface area contributed by atoms with Crippen LogP contribution < -0.4 is 4.74 Å². The molecule has 1 saturated heterocycles. The van der Waals surface area contributed by atoms with Gasteiger partial charge < -0.3 is 14.5 Å². The maximum absolute atomic E-state index is 13.5. The second kappa shape index (κ2) is 11.6. The van der Waals surface area contributed by atoms with Gasteiger partial charge in [0.1, 0.15) is 18.2 Å². The molecule has 35 heavy (non-hydrogen) atoms. The van der Waals surface area contributed by atoms with Crippen LogP contribution in [-0.4, -0.2) is 47.3 Å². The Morgan fingerprint density at radius 1 is 0.943 bits per heavy atom. The second-order valence-electron chi connectivity index (χ2n) is 8.83. The quantitative estimate of drug-likeness (QED) is 0.429. The molecule has 182 valence electrons. The molecular weight excluding hydrogens is 443 g/mol. The van der Waals surface area contributed by atoms with Crippen LogP contribution in [0.4, 0.5) is 4.39 Å². The summed E-state index contributed by atoms with van der Waals surface area (Å²) in [5.41, 5.74) is 2.13. The largest absolute Gasteiger partial charge is 0.489 e. The van der Waals surface area contributed by atoms with Crippen LogP contribution in [0.15, 0.2) is 78.9 Å². The summed E-state index contributed by atoms with van der Waals surface area (Å²) in [6.07, 6.45) is 2.37. The van der Waals surface area contributed by atoms with Crippen molar-refractivity contribution in [3.05, 3.63) is 101 Å². The number of amides is 2. The first-order chi connectivity index (χ1) is 17.0. The SMILES string of the molecule is CCCN(C(=O)c1cccc(OCc2ccc(F)cc2)c1)C1CCN(C(=O)c2ccccc2)CC1. The lowest BCUT2D eigenvalue weighted by molar-refractivity contribution is 0.0519. The van der Waals surface area contributed by atoms with Gasteiger partial charge >= 0.3 is 0 Å². The number of carbonyl (C=O) groups is 2. The van der Waals surface area contributed by atoms with Crippen molar-refractivity contribution in [1.82, 2.24) is 9.80 Å². The van der Waals surface area contributed by atoms with Crippen LogP contribution in [0.3, 0.4) is 0 Å². The van der Waals surface area contributed by atoms with Gasteiger partial charge in [0.2, 0.25) is 0 Å². The summed E-state index contributed by atoms with van der Waals surface area (Å²) in [5, 5.41) is 0. The summed E-state index contributed by atoms with van der Waals surface area (Å²) in [5.74, 6) is 0.336. The Balaban J connectivity index is 1.39. The van der Waals surface area contributed by atoms with Gasteiger partial charge in [0.25, 0.3) is 11.8 Å². The smallest absolute Gasteiger partial charge is 0.254 e. The van der Waals surface area contributed by atoms with Crippen molar-refractivity contribution in [3.63, 3.8) is 0 Å². The number of rotatable bonds is 8. The molecule has 5 nitrogen and oxygen atoms in total. The van der Waals surface area contributed by atoms with Crippen molar-refractivity contribution in [2.75, 3.05) is 19.6 Å². The molecule has 0 radical (unpaired) electrons. The van der Waals surface area contributed by atoms with Gasteiger partial charge in [0, 0.05) is 36.8 Å². The number of ether oxygens (including phenoxy) is 1. The third-order valence-electron chi connectivity index (χ3n) is 6.34. The van der Waals surface area contributed by atoms with Crippen LogP contribution in [-0.2, 0) is 6.61 Å².